The Morgan fingerprint density at radius 2 is 1.89 bits per heavy atom. The minimum atomic E-state index is 0.575. The Kier molecular flexibility index (Phi) is 7.23. The molecule has 3 heteroatoms. The molecule has 0 aliphatic carbocycles. The number of hydrogen-bond donors (Lipinski definition) is 0. The fourth-order valence-corrected chi connectivity index (χ4v) is 1.56. The Morgan fingerprint density at radius 3 is 2.56 bits per heavy atom. The van der Waals surface area contributed by atoms with Gasteiger partial charge in [-0.3, -0.25) is 0 Å². The van der Waals surface area contributed by atoms with Crippen LogP contribution in [0.5, 0.6) is 5.75 Å². The average molecular weight is 357 g/mol. The topological polar surface area (TPSA) is 9.23 Å². The molecule has 2 aromatic carbocycles. The second kappa shape index (κ2) is 8.45. The van der Waals surface area contributed by atoms with Gasteiger partial charge in [-0.2, -0.15) is 30.3 Å². The number of rotatable bonds is 3. The number of aryl methyl sites for hydroxylation is 1. The van der Waals surface area contributed by atoms with Gasteiger partial charge in [-0.15, -0.1) is 5.56 Å². The summed E-state index contributed by atoms with van der Waals surface area (Å²) < 4.78 is 5.77. The van der Waals surface area contributed by atoms with Crippen molar-refractivity contribution in [2.45, 2.75) is 20.5 Å². The van der Waals surface area contributed by atoms with Crippen molar-refractivity contribution >= 4 is 13.6 Å². The molecule has 0 aliphatic rings. The second-order valence-corrected chi connectivity index (χ2v) is 3.87. The molecule has 2 rings (SSSR count). The minimum absolute atomic E-state index is 0.575. The molecule has 0 bridgehead atoms. The molecule has 0 spiro atoms. The molecule has 0 unspecified atom stereocenters. The van der Waals surface area contributed by atoms with E-state index in [2.05, 4.69) is 39.6 Å². The first-order valence-corrected chi connectivity index (χ1v) is 12.6. The van der Waals surface area contributed by atoms with Crippen LogP contribution in [0.15, 0.2) is 42.5 Å². The van der Waals surface area contributed by atoms with Crippen LogP contribution in [0.4, 0.5) is 0 Å². The molecule has 0 saturated heterocycles. The van der Waals surface area contributed by atoms with Crippen LogP contribution in [0.25, 0.3) is 0 Å². The molecule has 0 amide bonds. The van der Waals surface area contributed by atoms with Gasteiger partial charge in [-0.25, -0.2) is 0 Å². The zero-order chi connectivity index (χ0) is 13.4. The zero-order valence-corrected chi connectivity index (χ0v) is 15.3. The van der Waals surface area contributed by atoms with Gasteiger partial charge in [0.1, 0.15) is 5.75 Å². The van der Waals surface area contributed by atoms with Gasteiger partial charge in [0.05, 0.1) is 6.61 Å². The third-order valence-electron chi connectivity index (χ3n) is 2.71. The molecule has 18 heavy (non-hydrogen) atoms. The van der Waals surface area contributed by atoms with Crippen molar-refractivity contribution in [2.75, 3.05) is 0 Å². The molecule has 0 radical (unpaired) electrons. The zero-order valence-electron chi connectivity index (χ0n) is 10.7. The Bertz CT molecular complexity index is 471. The van der Waals surface area contributed by atoms with E-state index in [1.54, 1.807) is 0 Å². The van der Waals surface area contributed by atoms with E-state index in [1.807, 2.05) is 36.4 Å². The fourth-order valence-electron chi connectivity index (χ4n) is 1.56. The van der Waals surface area contributed by atoms with Crippen LogP contribution < -0.4 is 4.74 Å². The van der Waals surface area contributed by atoms with Gasteiger partial charge in [-0.1, -0.05) is 12.1 Å². The van der Waals surface area contributed by atoms with E-state index in [0.717, 1.165) is 11.3 Å². The van der Waals surface area contributed by atoms with Crippen molar-refractivity contribution in [1.29, 1.82) is 0 Å². The van der Waals surface area contributed by atoms with Crippen molar-refractivity contribution in [3.63, 3.8) is 0 Å². The van der Waals surface area contributed by atoms with Crippen molar-refractivity contribution in [1.82, 2.24) is 0 Å². The normalized spacial score (nSPS) is 9.39. The summed E-state index contributed by atoms with van der Waals surface area (Å²) in [5.74, 6) is 0.956. The number of halogens is 1. The molecular formula is C15H15BrOZn. The Balaban J connectivity index is 0.000000771. The second-order valence-electron chi connectivity index (χ2n) is 3.87. The van der Waals surface area contributed by atoms with E-state index >= 15 is 0 Å². The monoisotopic (exact) mass is 354 g/mol. The number of ether oxygens (including phenoxy) is 1. The Morgan fingerprint density at radius 1 is 1.11 bits per heavy atom. The molecule has 0 aliphatic heterocycles. The molecule has 0 N–H and O–H groups in total. The van der Waals surface area contributed by atoms with Crippen molar-refractivity contribution in [3.8, 4) is 5.75 Å². The molecule has 2 aromatic rings. The molecule has 0 saturated carbocycles. The number of hydrogen-bond acceptors (Lipinski definition) is 1. The summed E-state index contributed by atoms with van der Waals surface area (Å²) in [5.41, 5.74) is 3.54. The predicted octanol–water partition coefficient (Wildman–Crippen LogP) is 4.53. The summed E-state index contributed by atoms with van der Waals surface area (Å²) in [6.07, 6.45) is 0. The molecule has 0 atom stereocenters. The van der Waals surface area contributed by atoms with E-state index < -0.39 is 0 Å². The van der Waals surface area contributed by atoms with E-state index in [-0.39, 0.29) is 0 Å². The predicted molar refractivity (Wildman–Crippen MR) is 74.5 cm³/mol. The van der Waals surface area contributed by atoms with Crippen molar-refractivity contribution < 1.29 is 21.1 Å². The Hall–Kier alpha value is -0.657. The van der Waals surface area contributed by atoms with Gasteiger partial charge < -0.3 is 4.74 Å². The average Bonchev–Trinajstić information content (AvgIpc) is 2.44. The summed E-state index contributed by atoms with van der Waals surface area (Å²) in [4.78, 5) is 0. The van der Waals surface area contributed by atoms with Crippen LogP contribution in [0.2, 0.25) is 0 Å². The Labute approximate surface area is 126 Å². The van der Waals surface area contributed by atoms with Crippen LogP contribution >= 0.6 is 13.6 Å². The summed E-state index contributed by atoms with van der Waals surface area (Å²) in [5, 5.41) is 0. The van der Waals surface area contributed by atoms with Gasteiger partial charge in [0.25, 0.3) is 0 Å². The first kappa shape index (κ1) is 15.4. The molecule has 1 nitrogen and oxygen atoms in total. The molecule has 0 heterocycles. The first-order valence-electron chi connectivity index (χ1n) is 5.68. The maximum atomic E-state index is 5.77. The third-order valence-corrected chi connectivity index (χ3v) is 2.71. The van der Waals surface area contributed by atoms with Crippen LogP contribution in [0, 0.1) is 19.9 Å². The van der Waals surface area contributed by atoms with Crippen molar-refractivity contribution in [2.24, 2.45) is 0 Å². The molecular weight excluding hydrogens is 341 g/mol. The summed E-state index contributed by atoms with van der Waals surface area (Å²) in [7, 11) is 0. The van der Waals surface area contributed by atoms with Crippen molar-refractivity contribution in [3.05, 3.63) is 65.2 Å². The maximum absolute atomic E-state index is 5.77. The van der Waals surface area contributed by atoms with Gasteiger partial charge in [-0.05, 0) is 31.0 Å². The fraction of sp³-hybridized carbons (Fsp3) is 0.200. The van der Waals surface area contributed by atoms with Gasteiger partial charge in [0.2, 0.25) is 0 Å². The third kappa shape index (κ3) is 4.55. The number of benzene rings is 2. The van der Waals surface area contributed by atoms with E-state index in [4.69, 9.17) is 4.74 Å². The van der Waals surface area contributed by atoms with E-state index in [1.165, 1.54) is 27.5 Å². The van der Waals surface area contributed by atoms with Gasteiger partial charge in [0.15, 0.2) is 0 Å². The van der Waals surface area contributed by atoms with Crippen LogP contribution in [0.1, 0.15) is 16.7 Å². The summed E-state index contributed by atoms with van der Waals surface area (Å²) in [6, 6.07) is 17.1. The molecule has 0 aromatic heterocycles. The molecule has 0 fully saturated rings. The summed E-state index contributed by atoms with van der Waals surface area (Å²) in [6.45, 7) is 4.75. The quantitative estimate of drug-likeness (QED) is 0.580. The summed E-state index contributed by atoms with van der Waals surface area (Å²) >= 11 is 4.25. The van der Waals surface area contributed by atoms with E-state index in [0.29, 0.717) is 6.61 Å². The standard InChI is InChI=1S/C15H15O.BrH.Zn/c1-12-7-6-10-15(13(12)2)16-11-14-8-4-3-5-9-14;;/h3-8,10H,11H2,1-2H3;1H;/q-1;;+2/p-1. The molecule has 90 valence electrons. The van der Waals surface area contributed by atoms with Crippen LogP contribution in [-0.2, 0) is 22.9 Å². The SMILES string of the molecule is Cc1cccc(OCc2[c-]cccc2)c1C.[Zn+][Br]. The first-order chi connectivity index (χ1) is 8.77. The van der Waals surface area contributed by atoms with Crippen LogP contribution in [-0.4, -0.2) is 0 Å². The van der Waals surface area contributed by atoms with Gasteiger partial charge >= 0.3 is 30.0 Å². The van der Waals surface area contributed by atoms with Gasteiger partial charge in [0, 0.05) is 0 Å². The van der Waals surface area contributed by atoms with E-state index in [9.17, 15) is 0 Å². The van der Waals surface area contributed by atoms with Crippen LogP contribution in [0.3, 0.4) is 0 Å².